The fourth-order valence-corrected chi connectivity index (χ4v) is 3.76. The molecule has 0 bridgehead atoms. The van der Waals surface area contributed by atoms with E-state index < -0.39 is 0 Å². The van der Waals surface area contributed by atoms with E-state index in [-0.39, 0.29) is 36.8 Å². The number of hydrogen-bond donors (Lipinski definition) is 2. The first kappa shape index (κ1) is 21.5. The number of carbonyl (C=O) groups excluding carboxylic acids is 1. The smallest absolute Gasteiger partial charge is 0.225 e. The van der Waals surface area contributed by atoms with Crippen LogP contribution in [0.15, 0.2) is 36.4 Å². The standard InChI is InChI=1S/C20H23N3O2.2ClH/c21-16-4-1-3-13(16)12-20(24)23-19-6-2-5-17(22-19)14-7-8-18-15(11-14)9-10-25-18;;/h2,5-8,11,13,16H,1,3-4,9-10,12,21H2,(H,22,23,24);2*1H/t13-,16+;;/m0../s1. The van der Waals surface area contributed by atoms with Crippen LogP contribution in [0.25, 0.3) is 11.3 Å². The lowest BCUT2D eigenvalue weighted by molar-refractivity contribution is -0.117. The average Bonchev–Trinajstić information content (AvgIpc) is 3.23. The fraction of sp³-hybridized carbons (Fsp3) is 0.400. The van der Waals surface area contributed by atoms with Crippen LogP contribution in [-0.4, -0.2) is 23.5 Å². The van der Waals surface area contributed by atoms with Crippen molar-refractivity contribution in [2.75, 3.05) is 11.9 Å². The third-order valence-electron chi connectivity index (χ3n) is 5.17. The first-order chi connectivity index (χ1) is 12.2. The molecule has 1 saturated carbocycles. The molecule has 146 valence electrons. The summed E-state index contributed by atoms with van der Waals surface area (Å²) in [6, 6.07) is 12.0. The van der Waals surface area contributed by atoms with Crippen LogP contribution in [0.3, 0.4) is 0 Å². The highest BCUT2D eigenvalue weighted by Gasteiger charge is 2.26. The van der Waals surface area contributed by atoms with Gasteiger partial charge in [0.2, 0.25) is 5.91 Å². The number of benzene rings is 1. The number of amides is 1. The molecule has 3 N–H and O–H groups in total. The third-order valence-corrected chi connectivity index (χ3v) is 5.17. The maximum Gasteiger partial charge on any atom is 0.225 e. The Kier molecular flexibility index (Phi) is 7.48. The molecule has 2 aromatic rings. The average molecular weight is 410 g/mol. The number of hydrogen-bond acceptors (Lipinski definition) is 4. The van der Waals surface area contributed by atoms with Gasteiger partial charge in [-0.2, -0.15) is 0 Å². The van der Waals surface area contributed by atoms with Gasteiger partial charge >= 0.3 is 0 Å². The number of nitrogens with one attached hydrogen (secondary N) is 1. The lowest BCUT2D eigenvalue weighted by Gasteiger charge is -2.14. The van der Waals surface area contributed by atoms with Gasteiger partial charge in [0.1, 0.15) is 11.6 Å². The van der Waals surface area contributed by atoms with Crippen molar-refractivity contribution in [3.05, 3.63) is 42.0 Å². The Morgan fingerprint density at radius 2 is 2.07 bits per heavy atom. The highest BCUT2D eigenvalue weighted by Crippen LogP contribution is 2.30. The molecule has 27 heavy (non-hydrogen) atoms. The van der Waals surface area contributed by atoms with Gasteiger partial charge < -0.3 is 15.8 Å². The zero-order valence-corrected chi connectivity index (χ0v) is 16.7. The minimum Gasteiger partial charge on any atom is -0.493 e. The van der Waals surface area contributed by atoms with Crippen molar-refractivity contribution >= 4 is 36.5 Å². The summed E-state index contributed by atoms with van der Waals surface area (Å²) in [4.78, 5) is 16.9. The van der Waals surface area contributed by atoms with Gasteiger partial charge in [-0.15, -0.1) is 24.8 Å². The summed E-state index contributed by atoms with van der Waals surface area (Å²) in [7, 11) is 0. The number of aromatic nitrogens is 1. The summed E-state index contributed by atoms with van der Waals surface area (Å²) in [6.45, 7) is 0.742. The first-order valence-corrected chi connectivity index (χ1v) is 8.97. The molecule has 1 aromatic heterocycles. The molecule has 4 rings (SSSR count). The molecule has 7 heteroatoms. The highest BCUT2D eigenvalue weighted by molar-refractivity contribution is 5.90. The van der Waals surface area contributed by atoms with Crippen molar-refractivity contribution in [2.45, 2.75) is 38.1 Å². The Labute approximate surface area is 171 Å². The van der Waals surface area contributed by atoms with Crippen LogP contribution in [0.1, 0.15) is 31.2 Å². The van der Waals surface area contributed by atoms with Gasteiger partial charge in [-0.3, -0.25) is 4.79 Å². The number of pyridine rings is 1. The monoisotopic (exact) mass is 409 g/mol. The lowest BCUT2D eigenvalue weighted by atomic mass is 10.00. The second kappa shape index (κ2) is 9.40. The molecule has 0 spiro atoms. The molecule has 0 saturated heterocycles. The second-order valence-electron chi connectivity index (χ2n) is 6.94. The Morgan fingerprint density at radius 3 is 2.85 bits per heavy atom. The topological polar surface area (TPSA) is 77.2 Å². The number of fused-ring (bicyclic) bond motifs is 1. The van der Waals surface area contributed by atoms with Crippen LogP contribution in [-0.2, 0) is 11.2 Å². The summed E-state index contributed by atoms with van der Waals surface area (Å²) in [5.41, 5.74) is 9.16. The number of rotatable bonds is 4. The molecule has 1 fully saturated rings. The van der Waals surface area contributed by atoms with Crippen molar-refractivity contribution in [3.8, 4) is 17.0 Å². The second-order valence-corrected chi connectivity index (χ2v) is 6.94. The quantitative estimate of drug-likeness (QED) is 0.799. The fourth-order valence-electron chi connectivity index (χ4n) is 3.76. The number of nitrogens with two attached hydrogens (primary N) is 1. The van der Waals surface area contributed by atoms with E-state index in [0.29, 0.717) is 18.2 Å². The number of anilines is 1. The van der Waals surface area contributed by atoms with Crippen molar-refractivity contribution in [1.82, 2.24) is 4.98 Å². The van der Waals surface area contributed by atoms with Crippen LogP contribution in [0.4, 0.5) is 5.82 Å². The molecule has 0 radical (unpaired) electrons. The molecule has 5 nitrogen and oxygen atoms in total. The van der Waals surface area contributed by atoms with Crippen LogP contribution in [0.2, 0.25) is 0 Å². The van der Waals surface area contributed by atoms with Crippen molar-refractivity contribution in [3.63, 3.8) is 0 Å². The van der Waals surface area contributed by atoms with E-state index in [1.165, 1.54) is 5.56 Å². The number of nitrogens with zero attached hydrogens (tertiary/aromatic N) is 1. The Hall–Kier alpha value is -1.82. The minimum absolute atomic E-state index is 0. The molecular weight excluding hydrogens is 385 g/mol. The van der Waals surface area contributed by atoms with E-state index >= 15 is 0 Å². The van der Waals surface area contributed by atoms with Gasteiger partial charge in [0.15, 0.2) is 0 Å². The molecule has 2 heterocycles. The van der Waals surface area contributed by atoms with E-state index in [9.17, 15) is 4.79 Å². The molecule has 2 atom stereocenters. The molecule has 0 unspecified atom stereocenters. The molecule has 1 aliphatic carbocycles. The molecule has 2 aliphatic rings. The van der Waals surface area contributed by atoms with Gasteiger partial charge in [-0.1, -0.05) is 12.5 Å². The van der Waals surface area contributed by atoms with E-state index in [0.717, 1.165) is 49.3 Å². The van der Waals surface area contributed by atoms with Gasteiger partial charge in [0, 0.05) is 24.4 Å². The lowest BCUT2D eigenvalue weighted by Crippen LogP contribution is -2.28. The number of ether oxygens (including phenoxy) is 1. The van der Waals surface area contributed by atoms with E-state index in [1.807, 2.05) is 30.3 Å². The van der Waals surface area contributed by atoms with Crippen molar-refractivity contribution < 1.29 is 9.53 Å². The zero-order valence-electron chi connectivity index (χ0n) is 15.0. The number of carbonyl (C=O) groups is 1. The van der Waals surface area contributed by atoms with Gasteiger partial charge in [-0.25, -0.2) is 4.98 Å². The van der Waals surface area contributed by atoms with E-state index in [2.05, 4.69) is 16.4 Å². The predicted molar refractivity (Wildman–Crippen MR) is 112 cm³/mol. The molecule has 1 aromatic carbocycles. The van der Waals surface area contributed by atoms with Crippen LogP contribution >= 0.6 is 24.8 Å². The molecule has 1 amide bonds. The summed E-state index contributed by atoms with van der Waals surface area (Å²) in [6.07, 6.45) is 4.59. The minimum atomic E-state index is -0.00523. The highest BCUT2D eigenvalue weighted by atomic mass is 35.5. The van der Waals surface area contributed by atoms with Gasteiger partial charge in [0.25, 0.3) is 0 Å². The summed E-state index contributed by atoms with van der Waals surface area (Å²) < 4.78 is 5.55. The predicted octanol–water partition coefficient (Wildman–Crippen LogP) is 3.98. The maximum atomic E-state index is 12.3. The van der Waals surface area contributed by atoms with Crippen LogP contribution < -0.4 is 15.8 Å². The Morgan fingerprint density at radius 1 is 1.22 bits per heavy atom. The maximum absolute atomic E-state index is 12.3. The van der Waals surface area contributed by atoms with Crippen LogP contribution in [0.5, 0.6) is 5.75 Å². The Balaban J connectivity index is 0.00000131. The summed E-state index contributed by atoms with van der Waals surface area (Å²) >= 11 is 0. The molecular formula is C20H25Cl2N3O2. The van der Waals surface area contributed by atoms with E-state index in [1.54, 1.807) is 0 Å². The molecule has 1 aliphatic heterocycles. The van der Waals surface area contributed by atoms with E-state index in [4.69, 9.17) is 10.5 Å². The Bertz CT molecular complexity index is 801. The van der Waals surface area contributed by atoms with Gasteiger partial charge in [-0.05, 0) is 54.7 Å². The van der Waals surface area contributed by atoms with Crippen molar-refractivity contribution in [1.29, 1.82) is 0 Å². The third kappa shape index (κ3) is 4.92. The zero-order chi connectivity index (χ0) is 17.2. The van der Waals surface area contributed by atoms with Crippen LogP contribution in [0, 0.1) is 5.92 Å². The summed E-state index contributed by atoms with van der Waals surface area (Å²) in [5.74, 6) is 1.83. The number of halogens is 2. The SMILES string of the molecule is Cl.Cl.N[C@@H]1CCC[C@H]1CC(=O)Nc1cccc(-c2ccc3c(c2)CCO3)n1. The largest absolute Gasteiger partial charge is 0.493 e. The van der Waals surface area contributed by atoms with Crippen molar-refractivity contribution in [2.24, 2.45) is 11.7 Å². The normalized spacial score (nSPS) is 20.0. The summed E-state index contributed by atoms with van der Waals surface area (Å²) in [5, 5.41) is 2.92. The first-order valence-electron chi connectivity index (χ1n) is 8.97. The van der Waals surface area contributed by atoms with Gasteiger partial charge in [0.05, 0.1) is 12.3 Å².